The second-order valence-corrected chi connectivity index (χ2v) is 6.39. The molecular weight excluding hydrogens is 302 g/mol. The van der Waals surface area contributed by atoms with E-state index in [4.69, 9.17) is 0 Å². The van der Waals surface area contributed by atoms with Crippen LogP contribution < -0.4 is 4.90 Å². The predicted molar refractivity (Wildman–Crippen MR) is 99.3 cm³/mol. The van der Waals surface area contributed by atoms with Gasteiger partial charge >= 0.3 is 0 Å². The Balaban J connectivity index is 2.62. The standard InChI is InChI=1S/C19H27N3O2/c1-7-16-14(4)21(8-2)13(3)11-18(16)17-10-9-15(20(5)6)12-19(17)22(23)24/h9-12,18H,7-8H2,1-6H3. The van der Waals surface area contributed by atoms with Gasteiger partial charge in [0.15, 0.2) is 0 Å². The Morgan fingerprint density at radius 1 is 1.25 bits per heavy atom. The fraction of sp³-hybridized carbons (Fsp3) is 0.474. The molecule has 1 aromatic rings. The molecule has 0 fully saturated rings. The first-order chi connectivity index (χ1) is 11.3. The molecule has 0 saturated heterocycles. The Morgan fingerprint density at radius 2 is 1.92 bits per heavy atom. The average molecular weight is 329 g/mol. The molecular formula is C19H27N3O2. The second kappa shape index (κ2) is 7.07. The van der Waals surface area contributed by atoms with Crippen LogP contribution in [-0.2, 0) is 0 Å². The van der Waals surface area contributed by atoms with Crippen molar-refractivity contribution in [3.8, 4) is 0 Å². The molecule has 1 aliphatic heterocycles. The van der Waals surface area contributed by atoms with E-state index < -0.39 is 0 Å². The molecule has 130 valence electrons. The number of hydrogen-bond donors (Lipinski definition) is 0. The minimum Gasteiger partial charge on any atom is -0.377 e. The van der Waals surface area contributed by atoms with Crippen LogP contribution in [0, 0.1) is 10.1 Å². The zero-order chi connectivity index (χ0) is 18.0. The van der Waals surface area contributed by atoms with E-state index in [0.717, 1.165) is 29.9 Å². The maximum absolute atomic E-state index is 11.7. The van der Waals surface area contributed by atoms with E-state index >= 15 is 0 Å². The van der Waals surface area contributed by atoms with Gasteiger partial charge in [-0.2, -0.15) is 0 Å². The third-order valence-corrected chi connectivity index (χ3v) is 4.84. The fourth-order valence-electron chi connectivity index (χ4n) is 3.57. The van der Waals surface area contributed by atoms with Crippen LogP contribution in [0.3, 0.4) is 0 Å². The number of benzene rings is 1. The summed E-state index contributed by atoms with van der Waals surface area (Å²) in [6.07, 6.45) is 3.04. The van der Waals surface area contributed by atoms with Crippen molar-refractivity contribution in [2.45, 2.75) is 40.0 Å². The molecule has 1 aromatic carbocycles. The Bertz CT molecular complexity index is 705. The molecule has 5 heteroatoms. The highest BCUT2D eigenvalue weighted by Gasteiger charge is 2.29. The van der Waals surface area contributed by atoms with Crippen molar-refractivity contribution in [2.24, 2.45) is 0 Å². The van der Waals surface area contributed by atoms with Crippen LogP contribution in [0.2, 0.25) is 0 Å². The van der Waals surface area contributed by atoms with Crippen LogP contribution in [0.25, 0.3) is 0 Å². The van der Waals surface area contributed by atoms with Crippen molar-refractivity contribution in [3.05, 3.63) is 56.9 Å². The van der Waals surface area contributed by atoms with Gasteiger partial charge in [-0.25, -0.2) is 0 Å². The molecule has 1 unspecified atom stereocenters. The Labute approximate surface area is 144 Å². The minimum atomic E-state index is -0.264. The van der Waals surface area contributed by atoms with Crippen LogP contribution in [0.5, 0.6) is 0 Å². The lowest BCUT2D eigenvalue weighted by Gasteiger charge is -2.35. The van der Waals surface area contributed by atoms with Gasteiger partial charge in [-0.1, -0.05) is 13.0 Å². The van der Waals surface area contributed by atoms with E-state index in [1.165, 1.54) is 11.3 Å². The zero-order valence-electron chi connectivity index (χ0n) is 15.5. The molecule has 1 heterocycles. The molecule has 2 rings (SSSR count). The van der Waals surface area contributed by atoms with Gasteiger partial charge in [0.2, 0.25) is 0 Å². The van der Waals surface area contributed by atoms with Gasteiger partial charge in [0.25, 0.3) is 5.69 Å². The second-order valence-electron chi connectivity index (χ2n) is 6.39. The summed E-state index contributed by atoms with van der Waals surface area (Å²) < 4.78 is 0. The highest BCUT2D eigenvalue weighted by Crippen LogP contribution is 2.41. The molecule has 0 radical (unpaired) electrons. The molecule has 0 spiro atoms. The largest absolute Gasteiger partial charge is 0.377 e. The van der Waals surface area contributed by atoms with Crippen molar-refractivity contribution in [1.29, 1.82) is 0 Å². The summed E-state index contributed by atoms with van der Waals surface area (Å²) in [5.74, 6) is -0.0330. The van der Waals surface area contributed by atoms with Crippen molar-refractivity contribution in [1.82, 2.24) is 4.90 Å². The maximum atomic E-state index is 11.7. The lowest BCUT2D eigenvalue weighted by molar-refractivity contribution is -0.385. The summed E-state index contributed by atoms with van der Waals surface area (Å²) in [5.41, 5.74) is 5.44. The first kappa shape index (κ1) is 18.0. The maximum Gasteiger partial charge on any atom is 0.275 e. The Hall–Kier alpha value is -2.30. The summed E-state index contributed by atoms with van der Waals surface area (Å²) in [4.78, 5) is 15.6. The van der Waals surface area contributed by atoms with Crippen LogP contribution in [0.4, 0.5) is 11.4 Å². The number of nitro benzene ring substituents is 1. The third kappa shape index (κ3) is 3.16. The quantitative estimate of drug-likeness (QED) is 0.582. The van der Waals surface area contributed by atoms with Crippen molar-refractivity contribution in [3.63, 3.8) is 0 Å². The van der Waals surface area contributed by atoms with E-state index in [-0.39, 0.29) is 16.5 Å². The zero-order valence-corrected chi connectivity index (χ0v) is 15.5. The first-order valence-corrected chi connectivity index (χ1v) is 8.43. The molecule has 0 aromatic heterocycles. The summed E-state index contributed by atoms with van der Waals surface area (Å²) in [5, 5.41) is 11.7. The first-order valence-electron chi connectivity index (χ1n) is 8.43. The smallest absolute Gasteiger partial charge is 0.275 e. The van der Waals surface area contributed by atoms with Gasteiger partial charge in [0, 0.05) is 55.3 Å². The normalized spacial score (nSPS) is 17.8. The monoisotopic (exact) mass is 329 g/mol. The summed E-state index contributed by atoms with van der Waals surface area (Å²) in [6, 6.07) is 5.54. The number of hydrogen-bond acceptors (Lipinski definition) is 4. The molecule has 5 nitrogen and oxygen atoms in total. The Kier molecular flexibility index (Phi) is 5.32. The summed E-state index contributed by atoms with van der Waals surface area (Å²) >= 11 is 0. The molecule has 0 bridgehead atoms. The molecule has 1 aliphatic rings. The van der Waals surface area contributed by atoms with Gasteiger partial charge in [0.1, 0.15) is 0 Å². The predicted octanol–water partition coefficient (Wildman–Crippen LogP) is 4.67. The van der Waals surface area contributed by atoms with Crippen molar-refractivity contribution in [2.75, 3.05) is 25.5 Å². The van der Waals surface area contributed by atoms with E-state index in [1.807, 2.05) is 31.1 Å². The molecule has 1 atom stereocenters. The van der Waals surface area contributed by atoms with Crippen LogP contribution >= 0.6 is 0 Å². The van der Waals surface area contributed by atoms with E-state index in [9.17, 15) is 10.1 Å². The van der Waals surface area contributed by atoms with Gasteiger partial charge in [0.05, 0.1) is 4.92 Å². The molecule has 0 aliphatic carbocycles. The van der Waals surface area contributed by atoms with E-state index in [1.54, 1.807) is 6.07 Å². The topological polar surface area (TPSA) is 49.6 Å². The number of nitrogens with zero attached hydrogens (tertiary/aromatic N) is 3. The van der Waals surface area contributed by atoms with Crippen molar-refractivity contribution < 1.29 is 4.92 Å². The number of allylic oxidation sites excluding steroid dienone is 4. The van der Waals surface area contributed by atoms with Crippen LogP contribution in [-0.4, -0.2) is 30.5 Å². The fourth-order valence-corrected chi connectivity index (χ4v) is 3.57. The Morgan fingerprint density at radius 3 is 2.42 bits per heavy atom. The molecule has 0 saturated carbocycles. The van der Waals surface area contributed by atoms with Crippen molar-refractivity contribution >= 4 is 11.4 Å². The highest BCUT2D eigenvalue weighted by atomic mass is 16.6. The average Bonchev–Trinajstić information content (AvgIpc) is 2.54. The summed E-state index contributed by atoms with van der Waals surface area (Å²) in [7, 11) is 3.79. The lowest BCUT2D eigenvalue weighted by Crippen LogP contribution is -2.26. The van der Waals surface area contributed by atoms with Gasteiger partial charge in [-0.3, -0.25) is 10.1 Å². The SMILES string of the molecule is CCC1=C(C)N(CC)C(C)=CC1c1ccc(N(C)C)cc1[N+](=O)[O-]. The minimum absolute atomic E-state index is 0.0330. The molecule has 24 heavy (non-hydrogen) atoms. The highest BCUT2D eigenvalue weighted by molar-refractivity contribution is 5.60. The number of rotatable bonds is 5. The molecule has 0 N–H and O–H groups in total. The van der Waals surface area contributed by atoms with Gasteiger partial charge in [-0.05, 0) is 44.9 Å². The van der Waals surface area contributed by atoms with E-state index in [0.29, 0.717) is 0 Å². The third-order valence-electron chi connectivity index (χ3n) is 4.84. The van der Waals surface area contributed by atoms with Crippen LogP contribution in [0.15, 0.2) is 41.2 Å². The van der Waals surface area contributed by atoms with Crippen LogP contribution in [0.1, 0.15) is 45.6 Å². The summed E-state index contributed by atoms with van der Waals surface area (Å²) in [6.45, 7) is 9.35. The number of nitro groups is 1. The number of anilines is 1. The molecule has 0 amide bonds. The van der Waals surface area contributed by atoms with Gasteiger partial charge < -0.3 is 9.80 Å². The lowest BCUT2D eigenvalue weighted by atomic mass is 9.84. The van der Waals surface area contributed by atoms with E-state index in [2.05, 4.69) is 38.7 Å². The van der Waals surface area contributed by atoms with Gasteiger partial charge in [-0.15, -0.1) is 0 Å².